The van der Waals surface area contributed by atoms with E-state index in [1.807, 2.05) is 18.2 Å². The van der Waals surface area contributed by atoms with Crippen molar-refractivity contribution in [2.75, 3.05) is 32.4 Å². The zero-order valence-electron chi connectivity index (χ0n) is 12.8. The molecule has 22 heavy (non-hydrogen) atoms. The molecule has 0 unspecified atom stereocenters. The van der Waals surface area contributed by atoms with Gasteiger partial charge in [0, 0.05) is 24.6 Å². The van der Waals surface area contributed by atoms with Gasteiger partial charge in [-0.25, -0.2) is 0 Å². The third kappa shape index (κ3) is 5.65. The third-order valence-electron chi connectivity index (χ3n) is 3.79. The zero-order chi connectivity index (χ0) is 15.9. The quantitative estimate of drug-likeness (QED) is 0.785. The lowest BCUT2D eigenvalue weighted by Gasteiger charge is -2.28. The standard InChI is InChI=1S/C16H22Cl2N2OS/c1-20-7-2-3-13(10-20)16(21)19-6-8-22-11-12-4-5-14(17)15(18)9-12/h4-5,9,13H,2-3,6-8,10-11H2,1H3,(H,19,21)/t13-/m0/s1. The Morgan fingerprint density at radius 2 is 2.23 bits per heavy atom. The van der Waals surface area contributed by atoms with Gasteiger partial charge in [-0.3, -0.25) is 4.79 Å². The number of amides is 1. The molecular formula is C16H22Cl2N2OS. The van der Waals surface area contributed by atoms with Crippen LogP contribution in [0.5, 0.6) is 0 Å². The summed E-state index contributed by atoms with van der Waals surface area (Å²) < 4.78 is 0. The van der Waals surface area contributed by atoms with Crippen LogP contribution in [0.1, 0.15) is 18.4 Å². The first kappa shape index (κ1) is 17.9. The van der Waals surface area contributed by atoms with E-state index in [9.17, 15) is 4.79 Å². The van der Waals surface area contributed by atoms with Crippen molar-refractivity contribution in [1.29, 1.82) is 0 Å². The predicted molar refractivity (Wildman–Crippen MR) is 95.9 cm³/mol. The first-order valence-corrected chi connectivity index (χ1v) is 9.45. The molecule has 1 atom stereocenters. The molecular weight excluding hydrogens is 339 g/mol. The molecule has 0 aliphatic carbocycles. The Hall–Kier alpha value is -0.420. The number of rotatable bonds is 6. The van der Waals surface area contributed by atoms with E-state index in [1.54, 1.807) is 11.8 Å². The first-order valence-electron chi connectivity index (χ1n) is 7.54. The van der Waals surface area contributed by atoms with E-state index < -0.39 is 0 Å². The normalized spacial score (nSPS) is 19.1. The zero-order valence-corrected chi connectivity index (χ0v) is 15.1. The van der Waals surface area contributed by atoms with E-state index in [0.717, 1.165) is 43.0 Å². The van der Waals surface area contributed by atoms with Gasteiger partial charge in [-0.2, -0.15) is 11.8 Å². The summed E-state index contributed by atoms with van der Waals surface area (Å²) in [6.45, 7) is 2.69. The molecule has 0 spiro atoms. The van der Waals surface area contributed by atoms with Crippen molar-refractivity contribution < 1.29 is 4.79 Å². The van der Waals surface area contributed by atoms with Gasteiger partial charge in [0.2, 0.25) is 5.91 Å². The highest BCUT2D eigenvalue weighted by Gasteiger charge is 2.23. The van der Waals surface area contributed by atoms with Gasteiger partial charge in [0.05, 0.1) is 16.0 Å². The van der Waals surface area contributed by atoms with Crippen LogP contribution in [0.25, 0.3) is 0 Å². The molecule has 1 fully saturated rings. The van der Waals surface area contributed by atoms with Crippen LogP contribution in [0.2, 0.25) is 10.0 Å². The number of benzene rings is 1. The number of carbonyl (C=O) groups is 1. The lowest BCUT2D eigenvalue weighted by Crippen LogP contribution is -2.41. The number of thioether (sulfide) groups is 1. The number of carbonyl (C=O) groups excluding carboxylic acids is 1. The molecule has 1 aromatic rings. The van der Waals surface area contributed by atoms with Gasteiger partial charge in [0.15, 0.2) is 0 Å². The van der Waals surface area contributed by atoms with E-state index in [4.69, 9.17) is 23.2 Å². The molecule has 1 aliphatic heterocycles. The Kier molecular flexibility index (Phi) is 7.35. The van der Waals surface area contributed by atoms with Crippen LogP contribution < -0.4 is 5.32 Å². The molecule has 1 heterocycles. The van der Waals surface area contributed by atoms with Gasteiger partial charge in [-0.1, -0.05) is 29.3 Å². The van der Waals surface area contributed by atoms with Gasteiger partial charge in [-0.05, 0) is 44.1 Å². The van der Waals surface area contributed by atoms with Crippen molar-refractivity contribution in [2.24, 2.45) is 5.92 Å². The number of nitrogens with zero attached hydrogens (tertiary/aromatic N) is 1. The highest BCUT2D eigenvalue weighted by atomic mass is 35.5. The van der Waals surface area contributed by atoms with Crippen LogP contribution in [0.4, 0.5) is 0 Å². The topological polar surface area (TPSA) is 32.3 Å². The SMILES string of the molecule is CN1CCC[C@H](C(=O)NCCSCc2ccc(Cl)c(Cl)c2)C1. The van der Waals surface area contributed by atoms with Crippen LogP contribution in [-0.4, -0.2) is 43.2 Å². The Morgan fingerprint density at radius 1 is 1.41 bits per heavy atom. The van der Waals surface area contributed by atoms with E-state index >= 15 is 0 Å². The van der Waals surface area contributed by atoms with Crippen molar-refractivity contribution in [2.45, 2.75) is 18.6 Å². The average Bonchev–Trinajstić information content (AvgIpc) is 2.50. The van der Waals surface area contributed by atoms with Crippen molar-refractivity contribution in [1.82, 2.24) is 10.2 Å². The molecule has 122 valence electrons. The molecule has 1 saturated heterocycles. The third-order valence-corrected chi connectivity index (χ3v) is 5.56. The molecule has 3 nitrogen and oxygen atoms in total. The Morgan fingerprint density at radius 3 is 2.95 bits per heavy atom. The van der Waals surface area contributed by atoms with Crippen LogP contribution in [0.15, 0.2) is 18.2 Å². The molecule has 0 saturated carbocycles. The molecule has 1 aliphatic rings. The lowest BCUT2D eigenvalue weighted by molar-refractivity contribution is -0.126. The van der Waals surface area contributed by atoms with Gasteiger partial charge in [0.1, 0.15) is 0 Å². The maximum atomic E-state index is 12.1. The summed E-state index contributed by atoms with van der Waals surface area (Å²) in [6.07, 6.45) is 2.12. The summed E-state index contributed by atoms with van der Waals surface area (Å²) in [4.78, 5) is 14.3. The van der Waals surface area contributed by atoms with E-state index in [0.29, 0.717) is 16.6 Å². The van der Waals surface area contributed by atoms with E-state index in [2.05, 4.69) is 17.3 Å². The number of halogens is 2. The number of likely N-dealkylation sites (tertiary alicyclic amines) is 1. The highest BCUT2D eigenvalue weighted by Crippen LogP contribution is 2.24. The lowest BCUT2D eigenvalue weighted by atomic mass is 9.98. The molecule has 0 bridgehead atoms. The summed E-state index contributed by atoms with van der Waals surface area (Å²) in [7, 11) is 2.08. The van der Waals surface area contributed by atoms with Crippen LogP contribution >= 0.6 is 35.0 Å². The fourth-order valence-corrected chi connectivity index (χ4v) is 3.72. The number of hydrogen-bond donors (Lipinski definition) is 1. The second kappa shape index (κ2) is 9.02. The van der Waals surface area contributed by atoms with Gasteiger partial charge < -0.3 is 10.2 Å². The molecule has 0 aromatic heterocycles. The summed E-state index contributed by atoms with van der Waals surface area (Å²) in [6, 6.07) is 5.70. The minimum absolute atomic E-state index is 0.152. The van der Waals surface area contributed by atoms with Gasteiger partial charge >= 0.3 is 0 Å². The second-order valence-electron chi connectivity index (χ2n) is 5.69. The number of piperidine rings is 1. The summed E-state index contributed by atoms with van der Waals surface area (Å²) >= 11 is 13.7. The summed E-state index contributed by atoms with van der Waals surface area (Å²) in [5.41, 5.74) is 1.15. The molecule has 0 radical (unpaired) electrons. The molecule has 2 rings (SSSR count). The Labute approximate surface area is 146 Å². The van der Waals surface area contributed by atoms with Crippen molar-refractivity contribution in [3.63, 3.8) is 0 Å². The van der Waals surface area contributed by atoms with Crippen LogP contribution in [0, 0.1) is 5.92 Å². The van der Waals surface area contributed by atoms with Crippen molar-refractivity contribution in [3.8, 4) is 0 Å². The summed E-state index contributed by atoms with van der Waals surface area (Å²) in [5.74, 6) is 2.12. The van der Waals surface area contributed by atoms with Crippen LogP contribution in [0.3, 0.4) is 0 Å². The number of nitrogens with one attached hydrogen (secondary N) is 1. The smallest absolute Gasteiger partial charge is 0.224 e. The molecule has 1 N–H and O–H groups in total. The summed E-state index contributed by atoms with van der Waals surface area (Å²) in [5, 5.41) is 4.22. The maximum Gasteiger partial charge on any atom is 0.224 e. The average molecular weight is 361 g/mol. The van der Waals surface area contributed by atoms with E-state index in [-0.39, 0.29) is 11.8 Å². The van der Waals surface area contributed by atoms with E-state index in [1.165, 1.54) is 0 Å². The van der Waals surface area contributed by atoms with Gasteiger partial charge in [-0.15, -0.1) is 0 Å². The number of hydrogen-bond acceptors (Lipinski definition) is 3. The fourth-order valence-electron chi connectivity index (χ4n) is 2.59. The maximum absolute atomic E-state index is 12.1. The van der Waals surface area contributed by atoms with Crippen LogP contribution in [-0.2, 0) is 10.5 Å². The Bertz CT molecular complexity index is 513. The highest BCUT2D eigenvalue weighted by molar-refractivity contribution is 7.98. The van der Waals surface area contributed by atoms with Crippen molar-refractivity contribution >= 4 is 40.9 Å². The van der Waals surface area contributed by atoms with Crippen molar-refractivity contribution in [3.05, 3.63) is 33.8 Å². The minimum atomic E-state index is 0.152. The largest absolute Gasteiger partial charge is 0.355 e. The molecule has 6 heteroatoms. The second-order valence-corrected chi connectivity index (χ2v) is 7.61. The first-order chi connectivity index (χ1) is 10.6. The fraction of sp³-hybridized carbons (Fsp3) is 0.562. The Balaban J connectivity index is 1.62. The minimum Gasteiger partial charge on any atom is -0.355 e. The predicted octanol–water partition coefficient (Wildman–Crippen LogP) is 3.68. The molecule has 1 aromatic carbocycles. The molecule has 1 amide bonds. The monoisotopic (exact) mass is 360 g/mol. The van der Waals surface area contributed by atoms with Gasteiger partial charge in [0.25, 0.3) is 0 Å².